The molecule has 1 heterocycles. The molecule has 3 rings (SSSR count). The second-order valence-corrected chi connectivity index (χ2v) is 5.79. The molecule has 0 aromatic heterocycles. The second-order valence-electron chi connectivity index (χ2n) is 5.79. The van der Waals surface area contributed by atoms with E-state index in [1.54, 1.807) is 19.1 Å². The van der Waals surface area contributed by atoms with E-state index in [0.29, 0.717) is 36.0 Å². The lowest BCUT2D eigenvalue weighted by molar-refractivity contribution is -0.385. The average Bonchev–Trinajstić information content (AvgIpc) is 2.86. The number of ether oxygens (including phenoxy) is 2. The highest BCUT2D eigenvalue weighted by molar-refractivity contribution is 6.02. The summed E-state index contributed by atoms with van der Waals surface area (Å²) >= 11 is 0. The van der Waals surface area contributed by atoms with Crippen LogP contribution in [-0.2, 0) is 4.79 Å². The molecule has 0 aliphatic carbocycles. The summed E-state index contributed by atoms with van der Waals surface area (Å²) < 4.78 is 11.2. The first-order valence-electron chi connectivity index (χ1n) is 8.17. The molecule has 1 aliphatic heterocycles. The fraction of sp³-hybridized carbons (Fsp3) is 0.211. The fourth-order valence-electron chi connectivity index (χ4n) is 2.59. The molecule has 2 aromatic carbocycles. The van der Waals surface area contributed by atoms with Gasteiger partial charge in [0, 0.05) is 18.6 Å². The van der Waals surface area contributed by atoms with Crippen molar-refractivity contribution in [3.05, 3.63) is 63.7 Å². The van der Waals surface area contributed by atoms with Gasteiger partial charge < -0.3 is 14.8 Å². The predicted molar refractivity (Wildman–Crippen MR) is 97.5 cm³/mol. The monoisotopic (exact) mass is 354 g/mol. The lowest BCUT2D eigenvalue weighted by Crippen LogP contribution is -2.09. The molecular formula is C19H18N2O5. The maximum absolute atomic E-state index is 12.1. The van der Waals surface area contributed by atoms with Crippen molar-refractivity contribution >= 4 is 23.4 Å². The first-order chi connectivity index (χ1) is 12.5. The highest BCUT2D eigenvalue weighted by Crippen LogP contribution is 2.31. The maximum Gasteiger partial charge on any atom is 0.274 e. The molecule has 0 fully saturated rings. The number of hydrogen-bond acceptors (Lipinski definition) is 5. The summed E-state index contributed by atoms with van der Waals surface area (Å²) in [4.78, 5) is 22.6. The van der Waals surface area contributed by atoms with Crippen LogP contribution in [0.4, 0.5) is 11.4 Å². The van der Waals surface area contributed by atoms with Crippen LogP contribution in [0.25, 0.3) is 6.08 Å². The van der Waals surface area contributed by atoms with Crippen LogP contribution in [0.1, 0.15) is 17.5 Å². The third kappa shape index (κ3) is 4.00. The van der Waals surface area contributed by atoms with Crippen LogP contribution in [0.3, 0.4) is 0 Å². The zero-order valence-corrected chi connectivity index (χ0v) is 14.2. The van der Waals surface area contributed by atoms with Crippen LogP contribution >= 0.6 is 0 Å². The normalized spacial score (nSPS) is 13.3. The molecule has 0 saturated heterocycles. The quantitative estimate of drug-likeness (QED) is 0.513. The summed E-state index contributed by atoms with van der Waals surface area (Å²) in [6, 6.07) is 10.0. The van der Waals surface area contributed by atoms with E-state index in [9.17, 15) is 14.9 Å². The number of hydrogen-bond donors (Lipinski definition) is 1. The zero-order chi connectivity index (χ0) is 18.5. The Hall–Kier alpha value is -3.35. The number of benzene rings is 2. The first-order valence-corrected chi connectivity index (χ1v) is 8.17. The molecule has 0 bridgehead atoms. The van der Waals surface area contributed by atoms with Gasteiger partial charge in [0.2, 0.25) is 5.91 Å². The largest absolute Gasteiger partial charge is 0.490 e. The zero-order valence-electron chi connectivity index (χ0n) is 14.2. The standard InChI is InChI=1S/C19H18N2O5/c1-13-15(4-2-5-16(13)21(23)24)20-19(22)9-7-14-6-8-17-18(12-14)26-11-3-10-25-17/h2,4-9,12H,3,10-11H2,1H3,(H,20,22)/b9-7+. The Labute approximate surface area is 150 Å². The summed E-state index contributed by atoms with van der Waals surface area (Å²) in [5.74, 6) is 0.969. The van der Waals surface area contributed by atoms with Gasteiger partial charge in [0.25, 0.3) is 5.69 Å². The molecule has 1 N–H and O–H groups in total. The van der Waals surface area contributed by atoms with E-state index in [1.807, 2.05) is 18.2 Å². The third-order valence-corrected chi connectivity index (χ3v) is 3.96. The molecule has 7 nitrogen and oxygen atoms in total. The van der Waals surface area contributed by atoms with Gasteiger partial charge in [-0.15, -0.1) is 0 Å². The number of rotatable bonds is 4. The number of nitrogens with one attached hydrogen (secondary N) is 1. The van der Waals surface area contributed by atoms with Gasteiger partial charge in [-0.2, -0.15) is 0 Å². The average molecular weight is 354 g/mol. The predicted octanol–water partition coefficient (Wildman–Crippen LogP) is 3.72. The summed E-state index contributed by atoms with van der Waals surface area (Å²) in [6.07, 6.45) is 3.85. The fourth-order valence-corrected chi connectivity index (χ4v) is 2.59. The molecule has 2 aromatic rings. The molecule has 0 atom stereocenters. The molecule has 0 spiro atoms. The van der Waals surface area contributed by atoms with Crippen molar-refractivity contribution in [1.29, 1.82) is 0 Å². The smallest absolute Gasteiger partial charge is 0.274 e. The van der Waals surface area contributed by atoms with E-state index in [2.05, 4.69) is 5.32 Å². The van der Waals surface area contributed by atoms with Gasteiger partial charge in [-0.3, -0.25) is 14.9 Å². The topological polar surface area (TPSA) is 90.7 Å². The minimum absolute atomic E-state index is 0.0327. The third-order valence-electron chi connectivity index (χ3n) is 3.96. The Morgan fingerprint density at radius 1 is 1.19 bits per heavy atom. The molecule has 0 unspecified atom stereocenters. The summed E-state index contributed by atoms with van der Waals surface area (Å²) in [7, 11) is 0. The molecule has 0 saturated carbocycles. The highest BCUT2D eigenvalue weighted by Gasteiger charge is 2.14. The van der Waals surface area contributed by atoms with Crippen LogP contribution in [0.5, 0.6) is 11.5 Å². The number of fused-ring (bicyclic) bond motifs is 1. The number of carbonyl (C=O) groups is 1. The van der Waals surface area contributed by atoms with Crippen LogP contribution in [-0.4, -0.2) is 24.0 Å². The van der Waals surface area contributed by atoms with E-state index in [0.717, 1.165) is 12.0 Å². The van der Waals surface area contributed by atoms with Crippen molar-refractivity contribution in [1.82, 2.24) is 0 Å². The van der Waals surface area contributed by atoms with Crippen molar-refractivity contribution < 1.29 is 19.2 Å². The van der Waals surface area contributed by atoms with Crippen LogP contribution < -0.4 is 14.8 Å². The summed E-state index contributed by atoms with van der Waals surface area (Å²) in [5, 5.41) is 13.6. The summed E-state index contributed by atoms with van der Waals surface area (Å²) in [5.41, 5.74) is 1.58. The molecule has 1 amide bonds. The minimum atomic E-state index is -0.474. The van der Waals surface area contributed by atoms with Crippen LogP contribution in [0.2, 0.25) is 0 Å². The van der Waals surface area contributed by atoms with Gasteiger partial charge in [-0.05, 0) is 36.8 Å². The summed E-state index contributed by atoms with van der Waals surface area (Å²) in [6.45, 7) is 2.81. The number of nitro groups is 1. The Morgan fingerprint density at radius 2 is 1.96 bits per heavy atom. The molecular weight excluding hydrogens is 336 g/mol. The number of amides is 1. The number of nitro benzene ring substituents is 1. The molecule has 26 heavy (non-hydrogen) atoms. The van der Waals surface area contributed by atoms with Gasteiger partial charge in [0.15, 0.2) is 11.5 Å². The van der Waals surface area contributed by atoms with E-state index < -0.39 is 4.92 Å². The van der Waals surface area contributed by atoms with Crippen molar-refractivity contribution in [2.75, 3.05) is 18.5 Å². The lowest BCUT2D eigenvalue weighted by atomic mass is 10.1. The van der Waals surface area contributed by atoms with E-state index in [4.69, 9.17) is 9.47 Å². The van der Waals surface area contributed by atoms with Gasteiger partial charge in [-0.1, -0.05) is 12.1 Å². The number of anilines is 1. The second kappa shape index (κ2) is 7.69. The Bertz CT molecular complexity index is 876. The van der Waals surface area contributed by atoms with Crippen molar-refractivity contribution in [3.8, 4) is 11.5 Å². The first kappa shape index (κ1) is 17.5. The molecule has 7 heteroatoms. The minimum Gasteiger partial charge on any atom is -0.490 e. The Kier molecular flexibility index (Phi) is 5.17. The van der Waals surface area contributed by atoms with Crippen LogP contribution in [0.15, 0.2) is 42.5 Å². The van der Waals surface area contributed by atoms with Gasteiger partial charge in [-0.25, -0.2) is 0 Å². The van der Waals surface area contributed by atoms with Crippen LogP contribution in [0, 0.1) is 17.0 Å². The van der Waals surface area contributed by atoms with Crippen molar-refractivity contribution in [2.24, 2.45) is 0 Å². The maximum atomic E-state index is 12.1. The number of carbonyl (C=O) groups excluding carboxylic acids is 1. The lowest BCUT2D eigenvalue weighted by Gasteiger charge is -2.08. The number of nitrogens with zero attached hydrogens (tertiary/aromatic N) is 1. The Morgan fingerprint density at radius 3 is 2.73 bits per heavy atom. The van der Waals surface area contributed by atoms with Crippen molar-refractivity contribution in [3.63, 3.8) is 0 Å². The van der Waals surface area contributed by atoms with Gasteiger partial charge in [0.05, 0.1) is 29.4 Å². The highest BCUT2D eigenvalue weighted by atomic mass is 16.6. The molecule has 1 aliphatic rings. The van der Waals surface area contributed by atoms with E-state index in [-0.39, 0.29) is 11.6 Å². The van der Waals surface area contributed by atoms with Gasteiger partial charge in [0.1, 0.15) is 0 Å². The van der Waals surface area contributed by atoms with E-state index in [1.165, 1.54) is 18.2 Å². The molecule has 0 radical (unpaired) electrons. The van der Waals surface area contributed by atoms with Gasteiger partial charge >= 0.3 is 0 Å². The van der Waals surface area contributed by atoms with E-state index >= 15 is 0 Å². The molecule has 134 valence electrons. The van der Waals surface area contributed by atoms with Crippen molar-refractivity contribution in [2.45, 2.75) is 13.3 Å². The SMILES string of the molecule is Cc1c(NC(=O)/C=C/c2ccc3c(c2)OCCCO3)cccc1[N+](=O)[O-]. The Balaban J connectivity index is 1.71.